The summed E-state index contributed by atoms with van der Waals surface area (Å²) in [5.74, 6) is -0.157. The normalized spacial score (nSPS) is 13.3. The Morgan fingerprint density at radius 3 is 1.61 bits per heavy atom. The molecule has 2 aliphatic rings. The molecule has 1 heterocycles. The minimum Gasteiger partial charge on any atom is -0.135 e. The first kappa shape index (κ1) is 40.7. The number of hydrogen-bond donors (Lipinski definition) is 0. The summed E-state index contributed by atoms with van der Waals surface area (Å²) in [5, 5.41) is 2.61. The van der Waals surface area contributed by atoms with Crippen molar-refractivity contribution in [3.63, 3.8) is 0 Å². The molecule has 1 heteroatoms. The lowest BCUT2D eigenvalue weighted by atomic mass is 9.70. The van der Waals surface area contributed by atoms with Crippen LogP contribution < -0.4 is 0 Å². The molecule has 0 N–H and O–H groups in total. The van der Waals surface area contributed by atoms with E-state index in [1.165, 1.54) is 131 Å². The molecule has 1 spiro atoms. The van der Waals surface area contributed by atoms with E-state index in [-0.39, 0.29) is 5.92 Å². The van der Waals surface area contributed by atoms with Crippen LogP contribution in [0.5, 0.6) is 0 Å². The fourth-order valence-corrected chi connectivity index (χ4v) is 13.5. The molecule has 0 amide bonds. The molecule has 1 unspecified atom stereocenters. The van der Waals surface area contributed by atoms with E-state index in [9.17, 15) is 0 Å². The molecule has 0 aliphatic heterocycles. The molecule has 14 rings (SSSR count). The van der Waals surface area contributed by atoms with Crippen LogP contribution in [0.2, 0.25) is 0 Å². The minimum atomic E-state index is -0.462. The van der Waals surface area contributed by atoms with E-state index >= 15 is 0 Å². The highest BCUT2D eigenvalue weighted by Gasteiger charge is 2.52. The summed E-state index contributed by atoms with van der Waals surface area (Å²) in [5.41, 5.74) is 25.0. The van der Waals surface area contributed by atoms with E-state index in [4.69, 9.17) is 0 Å². The predicted octanol–water partition coefficient (Wildman–Crippen LogP) is 18.6. The van der Waals surface area contributed by atoms with E-state index < -0.39 is 5.41 Å². The van der Waals surface area contributed by atoms with Crippen LogP contribution in [0.3, 0.4) is 0 Å². The van der Waals surface area contributed by atoms with Crippen molar-refractivity contribution in [1.82, 2.24) is 0 Å². The van der Waals surface area contributed by atoms with Gasteiger partial charge in [0.05, 0.1) is 5.41 Å². The topological polar surface area (TPSA) is 0 Å². The second-order valence-electron chi connectivity index (χ2n) is 19.1. The van der Waals surface area contributed by atoms with Gasteiger partial charge in [-0.3, -0.25) is 0 Å². The Morgan fingerprint density at radius 2 is 0.843 bits per heavy atom. The van der Waals surface area contributed by atoms with Crippen molar-refractivity contribution in [3.8, 4) is 66.8 Å². The van der Waals surface area contributed by atoms with Gasteiger partial charge in [-0.05, 0) is 137 Å². The van der Waals surface area contributed by atoms with Crippen LogP contribution in [0.15, 0.2) is 255 Å². The molecule has 328 valence electrons. The zero-order chi connectivity index (χ0) is 46.3. The van der Waals surface area contributed by atoms with Crippen molar-refractivity contribution < 1.29 is 0 Å². The molecule has 12 aromatic rings. The van der Waals surface area contributed by atoms with E-state index in [1.807, 2.05) is 11.3 Å². The summed E-state index contributed by atoms with van der Waals surface area (Å²) in [6, 6.07) is 96.2. The Bertz CT molecular complexity index is 3990. The van der Waals surface area contributed by atoms with Gasteiger partial charge in [-0.1, -0.05) is 236 Å². The summed E-state index contributed by atoms with van der Waals surface area (Å²) in [6.45, 7) is 2.19. The quantitative estimate of drug-likeness (QED) is 0.140. The smallest absolute Gasteiger partial charge is 0.0725 e. The number of hydrogen-bond acceptors (Lipinski definition) is 1. The highest BCUT2D eigenvalue weighted by Crippen LogP contribution is 2.64. The van der Waals surface area contributed by atoms with Gasteiger partial charge in [0.2, 0.25) is 0 Å². The van der Waals surface area contributed by atoms with Crippen LogP contribution in [0.4, 0.5) is 0 Å². The molecule has 0 bridgehead atoms. The summed E-state index contributed by atoms with van der Waals surface area (Å²) >= 11 is 1.87. The van der Waals surface area contributed by atoms with E-state index in [0.717, 1.165) is 0 Å². The summed E-state index contributed by atoms with van der Waals surface area (Å²) in [7, 11) is 0. The molecule has 70 heavy (non-hydrogen) atoms. The third kappa shape index (κ3) is 6.15. The molecule has 0 nitrogen and oxygen atoms in total. The lowest BCUT2D eigenvalue weighted by molar-refractivity contribution is 0.792. The molecule has 0 saturated heterocycles. The van der Waals surface area contributed by atoms with Gasteiger partial charge in [-0.2, -0.15) is 0 Å². The lowest BCUT2D eigenvalue weighted by Gasteiger charge is -2.31. The SMILES string of the molecule is Cc1cccc(-c2cccc(C(c3cccc(-c4ccc5sc6ccccc6c5c4)c3-c3cccc(-c4ccccc4)c3)c3cccc4c3-c3ccccc3C43c4ccccc4-c4ccccc43)c2)c1. The van der Waals surface area contributed by atoms with Gasteiger partial charge in [-0.25, -0.2) is 0 Å². The van der Waals surface area contributed by atoms with Gasteiger partial charge in [0, 0.05) is 26.1 Å². The lowest BCUT2D eigenvalue weighted by Crippen LogP contribution is -2.25. The van der Waals surface area contributed by atoms with Gasteiger partial charge in [0.1, 0.15) is 0 Å². The Kier molecular flexibility index (Phi) is 9.37. The molecule has 1 aromatic heterocycles. The van der Waals surface area contributed by atoms with E-state index in [1.54, 1.807) is 0 Å². The number of aryl methyl sites for hydroxylation is 1. The van der Waals surface area contributed by atoms with Crippen molar-refractivity contribution in [1.29, 1.82) is 0 Å². The molecular formula is C69H46S. The number of benzene rings is 11. The third-order valence-electron chi connectivity index (χ3n) is 15.3. The van der Waals surface area contributed by atoms with Gasteiger partial charge < -0.3 is 0 Å². The van der Waals surface area contributed by atoms with Gasteiger partial charge in [0.15, 0.2) is 0 Å². The fraction of sp³-hybridized carbons (Fsp3) is 0.0435. The monoisotopic (exact) mass is 906 g/mol. The highest BCUT2D eigenvalue weighted by atomic mass is 32.1. The summed E-state index contributed by atoms with van der Waals surface area (Å²) < 4.78 is 2.62. The van der Waals surface area contributed by atoms with Gasteiger partial charge in [0.25, 0.3) is 0 Å². The van der Waals surface area contributed by atoms with Gasteiger partial charge >= 0.3 is 0 Å². The van der Waals surface area contributed by atoms with Gasteiger partial charge in [-0.15, -0.1) is 11.3 Å². The fourth-order valence-electron chi connectivity index (χ4n) is 12.4. The van der Waals surface area contributed by atoms with Crippen LogP contribution in [0.1, 0.15) is 50.4 Å². The molecule has 11 aromatic carbocycles. The first-order valence-corrected chi connectivity index (χ1v) is 25.3. The van der Waals surface area contributed by atoms with E-state index in [0.29, 0.717) is 0 Å². The van der Waals surface area contributed by atoms with Crippen LogP contribution in [0, 0.1) is 6.92 Å². The Labute approximate surface area is 413 Å². The number of rotatable bonds is 7. The van der Waals surface area contributed by atoms with Crippen LogP contribution in [0.25, 0.3) is 86.9 Å². The van der Waals surface area contributed by atoms with Crippen molar-refractivity contribution in [2.75, 3.05) is 0 Å². The second kappa shape index (κ2) is 16.1. The van der Waals surface area contributed by atoms with E-state index in [2.05, 4.69) is 262 Å². The first-order chi connectivity index (χ1) is 34.6. The zero-order valence-electron chi connectivity index (χ0n) is 38.7. The third-order valence-corrected chi connectivity index (χ3v) is 16.4. The summed E-state index contributed by atoms with van der Waals surface area (Å²) in [6.07, 6.45) is 0. The standard InChI is InChI=1S/C69H46S/c1-44-18-13-21-46(40-44)48-23-15-25-51(42-48)67(58-32-17-36-63-68(58)56-29-7-11-35-62(56)69(63)60-33-9-5-26-53(60)54-27-6-10-34-61(54)69)57-31-16-30-52(49-38-39-65-59(43-49)55-28-8-12-37-64(55)70-65)66(57)50-24-14-22-47(41-50)45-19-3-2-4-20-45/h2-43,67H,1H3. The average molecular weight is 907 g/mol. The van der Waals surface area contributed by atoms with Crippen molar-refractivity contribution in [3.05, 3.63) is 299 Å². The number of fused-ring (bicyclic) bond motifs is 13. The Morgan fingerprint density at radius 1 is 0.314 bits per heavy atom. The highest BCUT2D eigenvalue weighted by molar-refractivity contribution is 7.25. The van der Waals surface area contributed by atoms with Crippen molar-refractivity contribution in [2.45, 2.75) is 18.3 Å². The van der Waals surface area contributed by atoms with Crippen molar-refractivity contribution >= 4 is 31.5 Å². The average Bonchev–Trinajstić information content (AvgIpc) is 4.06. The Balaban J connectivity index is 1.09. The second-order valence-corrected chi connectivity index (χ2v) is 20.2. The van der Waals surface area contributed by atoms with Crippen molar-refractivity contribution in [2.24, 2.45) is 0 Å². The molecule has 2 aliphatic carbocycles. The molecule has 1 atom stereocenters. The first-order valence-electron chi connectivity index (χ1n) is 24.4. The van der Waals surface area contributed by atoms with Crippen LogP contribution in [-0.4, -0.2) is 0 Å². The summed E-state index contributed by atoms with van der Waals surface area (Å²) in [4.78, 5) is 0. The van der Waals surface area contributed by atoms with Crippen LogP contribution >= 0.6 is 11.3 Å². The van der Waals surface area contributed by atoms with Crippen LogP contribution in [-0.2, 0) is 5.41 Å². The Hall–Kier alpha value is -8.36. The predicted molar refractivity (Wildman–Crippen MR) is 296 cm³/mol. The largest absolute Gasteiger partial charge is 0.135 e. The minimum absolute atomic E-state index is 0.157. The maximum absolute atomic E-state index is 2.47. The molecule has 0 saturated carbocycles. The molecular weight excluding hydrogens is 861 g/mol. The molecule has 0 radical (unpaired) electrons. The maximum atomic E-state index is 2.47. The maximum Gasteiger partial charge on any atom is 0.0725 e. The zero-order valence-corrected chi connectivity index (χ0v) is 39.6. The molecule has 0 fully saturated rings. The number of thiophene rings is 1.